The molecule has 2 aromatic carbocycles. The number of carbonyl (C=O) groups is 1. The zero-order valence-corrected chi connectivity index (χ0v) is 20.3. The Morgan fingerprint density at radius 2 is 1.16 bits per heavy atom. The summed E-state index contributed by atoms with van der Waals surface area (Å²) in [5, 5.41) is 30.0. The summed E-state index contributed by atoms with van der Waals surface area (Å²) in [6, 6.07) is 13.3. The molecule has 0 atom stereocenters. The van der Waals surface area contributed by atoms with Gasteiger partial charge in [0.15, 0.2) is 0 Å². The van der Waals surface area contributed by atoms with Crippen LogP contribution in [0.5, 0.6) is 0 Å². The van der Waals surface area contributed by atoms with Gasteiger partial charge in [0.05, 0.1) is 32.3 Å². The fourth-order valence-corrected chi connectivity index (χ4v) is 3.52. The molecular weight excluding hydrogens is 543 g/mol. The maximum Gasteiger partial charge on any atom is 0.355 e. The van der Waals surface area contributed by atoms with Crippen LogP contribution in [-0.2, 0) is 0 Å². The molecule has 38 heavy (non-hydrogen) atoms. The fourth-order valence-electron chi connectivity index (χ4n) is 3.10. The normalized spacial score (nSPS) is 11.2. The van der Waals surface area contributed by atoms with E-state index in [1.807, 2.05) is 0 Å². The van der Waals surface area contributed by atoms with Crippen LogP contribution in [0.4, 0.5) is 16.2 Å². The van der Waals surface area contributed by atoms with E-state index in [0.717, 1.165) is 0 Å². The van der Waals surface area contributed by atoms with Crippen LogP contribution in [-0.4, -0.2) is 28.3 Å². The summed E-state index contributed by atoms with van der Waals surface area (Å²) in [6.07, 6.45) is 2.42. The van der Waals surface area contributed by atoms with E-state index in [-0.39, 0.29) is 44.5 Å². The maximum atomic E-state index is 11.9. The van der Waals surface area contributed by atoms with Gasteiger partial charge in [-0.1, -0.05) is 23.2 Å². The predicted molar refractivity (Wildman–Crippen MR) is 138 cm³/mol. The highest BCUT2D eigenvalue weighted by Gasteiger charge is 2.15. The average molecular weight is 557 g/mol. The molecule has 0 fully saturated rings. The first-order valence-electron chi connectivity index (χ1n) is 10.4. The van der Waals surface area contributed by atoms with Gasteiger partial charge < -0.3 is 8.83 Å². The van der Waals surface area contributed by atoms with E-state index in [2.05, 4.69) is 21.1 Å². The number of nitro benzene ring substituents is 2. The van der Waals surface area contributed by atoms with E-state index >= 15 is 0 Å². The number of nitrogens with zero attached hydrogens (tertiary/aromatic N) is 4. The van der Waals surface area contributed by atoms with Gasteiger partial charge in [-0.3, -0.25) is 20.2 Å². The van der Waals surface area contributed by atoms with Gasteiger partial charge in [-0.05, 0) is 36.4 Å². The number of non-ortho nitro benzene ring substituents is 2. The van der Waals surface area contributed by atoms with Crippen LogP contribution in [0.25, 0.3) is 22.6 Å². The van der Waals surface area contributed by atoms with E-state index < -0.39 is 15.9 Å². The molecule has 0 radical (unpaired) electrons. The topological polar surface area (TPSA) is 178 Å². The van der Waals surface area contributed by atoms with Crippen molar-refractivity contribution in [3.63, 3.8) is 0 Å². The molecule has 2 heterocycles. The highest BCUT2D eigenvalue weighted by atomic mass is 35.5. The first-order valence-corrected chi connectivity index (χ1v) is 11.2. The zero-order chi connectivity index (χ0) is 27.2. The lowest BCUT2D eigenvalue weighted by atomic mass is 10.1. The molecule has 13 nitrogen and oxygen atoms in total. The Morgan fingerprint density at radius 3 is 1.55 bits per heavy atom. The molecule has 15 heteroatoms. The first-order chi connectivity index (χ1) is 18.2. The second-order valence-corrected chi connectivity index (χ2v) is 8.13. The molecule has 4 aromatic rings. The fraction of sp³-hybridized carbons (Fsp3) is 0. The Morgan fingerprint density at radius 1 is 0.737 bits per heavy atom. The maximum absolute atomic E-state index is 11.9. The molecule has 0 saturated heterocycles. The van der Waals surface area contributed by atoms with E-state index in [0.29, 0.717) is 11.1 Å². The van der Waals surface area contributed by atoms with E-state index in [1.165, 1.54) is 61.0 Å². The number of urea groups is 1. The lowest BCUT2D eigenvalue weighted by Gasteiger charge is -2.00. The van der Waals surface area contributed by atoms with Gasteiger partial charge in [-0.2, -0.15) is 10.2 Å². The predicted octanol–water partition coefficient (Wildman–Crippen LogP) is 6.00. The first kappa shape index (κ1) is 26.1. The summed E-state index contributed by atoms with van der Waals surface area (Å²) >= 11 is 12.2. The lowest BCUT2D eigenvalue weighted by molar-refractivity contribution is -0.385. The number of benzene rings is 2. The number of nitro groups is 2. The number of amides is 2. The molecule has 0 aliphatic carbocycles. The van der Waals surface area contributed by atoms with Gasteiger partial charge in [-0.15, -0.1) is 0 Å². The third-order valence-corrected chi connectivity index (χ3v) is 5.48. The monoisotopic (exact) mass is 556 g/mol. The minimum atomic E-state index is -0.778. The van der Waals surface area contributed by atoms with Crippen molar-refractivity contribution in [3.8, 4) is 22.6 Å². The van der Waals surface area contributed by atoms with Gasteiger partial charge in [0.1, 0.15) is 23.0 Å². The van der Waals surface area contributed by atoms with Crippen LogP contribution in [0.2, 0.25) is 10.0 Å². The van der Waals surface area contributed by atoms with Crippen molar-refractivity contribution in [2.24, 2.45) is 10.2 Å². The Hall–Kier alpha value is -5.01. The third kappa shape index (κ3) is 6.21. The molecule has 0 bridgehead atoms. The highest BCUT2D eigenvalue weighted by Crippen LogP contribution is 2.33. The molecule has 0 aliphatic heterocycles. The van der Waals surface area contributed by atoms with Crippen molar-refractivity contribution in [3.05, 3.63) is 102 Å². The summed E-state index contributed by atoms with van der Waals surface area (Å²) < 4.78 is 11.1. The Bertz CT molecular complexity index is 1480. The largest absolute Gasteiger partial charge is 0.455 e. The number of nitrogens with one attached hydrogen (secondary N) is 2. The highest BCUT2D eigenvalue weighted by molar-refractivity contribution is 6.33. The summed E-state index contributed by atoms with van der Waals surface area (Å²) in [5.74, 6) is 1.04. The third-order valence-electron chi connectivity index (χ3n) is 4.82. The zero-order valence-electron chi connectivity index (χ0n) is 18.8. The SMILES string of the molecule is O=C(N/N=C\c1ccc(-c2cc([N+](=O)[O-])ccc2Cl)o1)N/N=C/c1ccc(-c2cc([N+](=O)[O-])ccc2Cl)o1. The Balaban J connectivity index is 1.33. The van der Waals surface area contributed by atoms with E-state index in [4.69, 9.17) is 32.0 Å². The van der Waals surface area contributed by atoms with Crippen molar-refractivity contribution < 1.29 is 23.5 Å². The molecule has 192 valence electrons. The van der Waals surface area contributed by atoms with Gasteiger partial charge in [0.25, 0.3) is 11.4 Å². The van der Waals surface area contributed by atoms with Crippen LogP contribution in [0, 0.1) is 20.2 Å². The number of rotatable bonds is 8. The molecule has 0 spiro atoms. The van der Waals surface area contributed by atoms with Gasteiger partial charge >= 0.3 is 6.03 Å². The van der Waals surface area contributed by atoms with Crippen molar-refractivity contribution in [2.45, 2.75) is 0 Å². The van der Waals surface area contributed by atoms with Crippen molar-refractivity contribution in [1.82, 2.24) is 10.9 Å². The quantitative estimate of drug-likeness (QED) is 0.152. The summed E-state index contributed by atoms with van der Waals surface area (Å²) in [4.78, 5) is 32.8. The van der Waals surface area contributed by atoms with Crippen LogP contribution in [0.15, 0.2) is 79.7 Å². The van der Waals surface area contributed by atoms with E-state index in [1.54, 1.807) is 12.1 Å². The smallest absolute Gasteiger partial charge is 0.355 e. The van der Waals surface area contributed by atoms with Crippen molar-refractivity contribution in [1.29, 1.82) is 0 Å². The van der Waals surface area contributed by atoms with Gasteiger partial charge in [-0.25, -0.2) is 15.6 Å². The summed E-state index contributed by atoms with van der Waals surface area (Å²) in [5.41, 5.74) is 4.72. The summed E-state index contributed by atoms with van der Waals surface area (Å²) in [6.45, 7) is 0. The molecule has 2 N–H and O–H groups in total. The van der Waals surface area contributed by atoms with E-state index in [9.17, 15) is 25.0 Å². The minimum absolute atomic E-state index is 0.145. The van der Waals surface area contributed by atoms with Crippen LogP contribution < -0.4 is 10.9 Å². The minimum Gasteiger partial charge on any atom is -0.455 e. The van der Waals surface area contributed by atoms with Gasteiger partial charge in [0.2, 0.25) is 0 Å². The van der Waals surface area contributed by atoms with Gasteiger partial charge in [0, 0.05) is 35.4 Å². The summed E-state index contributed by atoms with van der Waals surface area (Å²) in [7, 11) is 0. The average Bonchev–Trinajstić information content (AvgIpc) is 3.54. The Labute approximate surface area is 222 Å². The number of carbonyl (C=O) groups excluding carboxylic acids is 1. The number of hydrazone groups is 2. The number of halogens is 2. The lowest BCUT2D eigenvalue weighted by Crippen LogP contribution is -2.28. The molecule has 0 saturated carbocycles. The second kappa shape index (κ2) is 11.4. The molecule has 4 rings (SSSR count). The molecular formula is C23H14Cl2N6O7. The molecule has 0 aliphatic rings. The van der Waals surface area contributed by atoms with Crippen molar-refractivity contribution >= 4 is 53.0 Å². The molecule has 2 amide bonds. The van der Waals surface area contributed by atoms with Crippen molar-refractivity contribution in [2.75, 3.05) is 0 Å². The molecule has 0 unspecified atom stereocenters. The number of furan rings is 2. The van der Waals surface area contributed by atoms with Crippen LogP contribution >= 0.6 is 23.2 Å². The van der Waals surface area contributed by atoms with Crippen LogP contribution in [0.3, 0.4) is 0 Å². The van der Waals surface area contributed by atoms with Crippen LogP contribution in [0.1, 0.15) is 11.5 Å². The Kier molecular flexibility index (Phi) is 7.80. The number of hydrogen-bond acceptors (Lipinski definition) is 9. The molecule has 2 aromatic heterocycles. The second-order valence-electron chi connectivity index (χ2n) is 7.32. The standard InChI is InChI=1S/C23H14Cl2N6O7/c24-19-5-1-13(30(33)34)9-17(19)21-7-3-15(37-21)11-26-28-23(32)29-27-12-16-4-8-22(38-16)18-10-14(31(35)36)2-6-20(18)25/h1-12H,(H2,28,29,32)/b26-11-,27-12+. The number of hydrogen-bond donors (Lipinski definition) is 2.